The summed E-state index contributed by atoms with van der Waals surface area (Å²) in [6, 6.07) is 7.49. The highest BCUT2D eigenvalue weighted by atomic mass is 79.9. The van der Waals surface area contributed by atoms with E-state index in [4.69, 9.17) is 5.11 Å². The van der Waals surface area contributed by atoms with Gasteiger partial charge in [0.15, 0.2) is 5.88 Å². The Morgan fingerprint density at radius 2 is 2.18 bits per heavy atom. The van der Waals surface area contributed by atoms with E-state index >= 15 is 0 Å². The molecular formula is C8H6BrNO. The summed E-state index contributed by atoms with van der Waals surface area (Å²) in [5, 5.41) is 10.1. The van der Waals surface area contributed by atoms with Gasteiger partial charge in [0, 0.05) is 15.9 Å². The lowest BCUT2D eigenvalue weighted by Gasteiger charge is -1.90. The first kappa shape index (κ1) is 6.73. The van der Waals surface area contributed by atoms with Crippen LogP contribution in [0.5, 0.6) is 5.88 Å². The van der Waals surface area contributed by atoms with Crippen molar-refractivity contribution in [2.45, 2.75) is 0 Å². The molecule has 0 amide bonds. The van der Waals surface area contributed by atoms with Crippen molar-refractivity contribution >= 4 is 26.8 Å². The summed E-state index contributed by atoms with van der Waals surface area (Å²) >= 11 is 3.37. The van der Waals surface area contributed by atoms with Crippen LogP contribution in [0.15, 0.2) is 28.7 Å². The minimum absolute atomic E-state index is 0.201. The zero-order valence-corrected chi connectivity index (χ0v) is 7.22. The van der Waals surface area contributed by atoms with Crippen molar-refractivity contribution in [3.05, 3.63) is 28.7 Å². The van der Waals surface area contributed by atoms with Crippen LogP contribution in [-0.2, 0) is 0 Å². The molecule has 1 aromatic heterocycles. The molecule has 0 radical (unpaired) electrons. The van der Waals surface area contributed by atoms with E-state index < -0.39 is 0 Å². The standard InChI is InChI=1S/C8H6BrNO/c9-6-3-1-2-5-4-7(11)10-8(5)6/h1-4,10-11H. The van der Waals surface area contributed by atoms with E-state index in [9.17, 15) is 0 Å². The molecule has 0 fully saturated rings. The lowest BCUT2D eigenvalue weighted by molar-refractivity contribution is 0.458. The molecule has 2 N–H and O–H groups in total. The minimum atomic E-state index is 0.201. The number of hydrogen-bond acceptors (Lipinski definition) is 1. The van der Waals surface area contributed by atoms with E-state index in [1.54, 1.807) is 6.07 Å². The van der Waals surface area contributed by atoms with E-state index in [0.29, 0.717) is 0 Å². The Bertz CT molecular complexity index is 394. The highest BCUT2D eigenvalue weighted by Gasteiger charge is 2.00. The largest absolute Gasteiger partial charge is 0.495 e. The van der Waals surface area contributed by atoms with Gasteiger partial charge in [-0.3, -0.25) is 0 Å². The number of benzene rings is 1. The molecule has 0 saturated carbocycles. The maximum atomic E-state index is 9.10. The number of nitrogens with one attached hydrogen (secondary N) is 1. The fourth-order valence-electron chi connectivity index (χ4n) is 1.10. The van der Waals surface area contributed by atoms with Crippen molar-refractivity contribution in [1.82, 2.24) is 4.98 Å². The molecule has 56 valence electrons. The lowest BCUT2D eigenvalue weighted by Crippen LogP contribution is -1.68. The molecule has 2 aromatic rings. The first-order valence-electron chi connectivity index (χ1n) is 3.23. The Morgan fingerprint density at radius 1 is 1.36 bits per heavy atom. The molecular weight excluding hydrogens is 206 g/mol. The van der Waals surface area contributed by atoms with E-state index in [2.05, 4.69) is 20.9 Å². The van der Waals surface area contributed by atoms with Crippen LogP contribution < -0.4 is 0 Å². The number of aromatic amines is 1. The topological polar surface area (TPSA) is 36.0 Å². The zero-order chi connectivity index (χ0) is 7.84. The van der Waals surface area contributed by atoms with Crippen LogP contribution in [0.4, 0.5) is 0 Å². The van der Waals surface area contributed by atoms with Crippen LogP contribution in [-0.4, -0.2) is 10.1 Å². The van der Waals surface area contributed by atoms with Gasteiger partial charge in [-0.25, -0.2) is 0 Å². The molecule has 3 heteroatoms. The molecule has 1 aromatic carbocycles. The summed E-state index contributed by atoms with van der Waals surface area (Å²) in [5.74, 6) is 0.201. The SMILES string of the molecule is Oc1cc2cccc(Br)c2[nH]1. The van der Waals surface area contributed by atoms with E-state index in [-0.39, 0.29) is 5.88 Å². The summed E-state index contributed by atoms with van der Waals surface area (Å²) in [6.07, 6.45) is 0. The second-order valence-electron chi connectivity index (χ2n) is 2.36. The predicted octanol–water partition coefficient (Wildman–Crippen LogP) is 2.64. The molecule has 0 aliphatic rings. The summed E-state index contributed by atoms with van der Waals surface area (Å²) in [6.45, 7) is 0. The lowest BCUT2D eigenvalue weighted by atomic mass is 10.2. The Balaban J connectivity index is 2.90. The zero-order valence-electron chi connectivity index (χ0n) is 5.63. The third-order valence-corrected chi connectivity index (χ3v) is 2.25. The van der Waals surface area contributed by atoms with E-state index in [0.717, 1.165) is 15.4 Å². The van der Waals surface area contributed by atoms with Gasteiger partial charge in [0.05, 0.1) is 5.52 Å². The fourth-order valence-corrected chi connectivity index (χ4v) is 1.59. The predicted molar refractivity (Wildman–Crippen MR) is 47.7 cm³/mol. The second-order valence-corrected chi connectivity index (χ2v) is 3.21. The Labute approximate surface area is 72.0 Å². The van der Waals surface area contributed by atoms with Gasteiger partial charge in [0.1, 0.15) is 0 Å². The van der Waals surface area contributed by atoms with Crippen molar-refractivity contribution in [3.63, 3.8) is 0 Å². The van der Waals surface area contributed by atoms with Crippen molar-refractivity contribution in [2.75, 3.05) is 0 Å². The van der Waals surface area contributed by atoms with Crippen LogP contribution in [0.2, 0.25) is 0 Å². The monoisotopic (exact) mass is 211 g/mol. The minimum Gasteiger partial charge on any atom is -0.495 e. The number of aromatic hydroxyl groups is 1. The maximum Gasteiger partial charge on any atom is 0.189 e. The van der Waals surface area contributed by atoms with Gasteiger partial charge < -0.3 is 10.1 Å². The fraction of sp³-hybridized carbons (Fsp3) is 0. The number of fused-ring (bicyclic) bond motifs is 1. The number of halogens is 1. The van der Waals surface area contributed by atoms with Gasteiger partial charge in [0.25, 0.3) is 0 Å². The number of H-pyrrole nitrogens is 1. The smallest absolute Gasteiger partial charge is 0.189 e. The number of rotatable bonds is 0. The van der Waals surface area contributed by atoms with Crippen LogP contribution >= 0.6 is 15.9 Å². The van der Waals surface area contributed by atoms with Crippen molar-refractivity contribution in [1.29, 1.82) is 0 Å². The van der Waals surface area contributed by atoms with Crippen LogP contribution in [0, 0.1) is 0 Å². The van der Waals surface area contributed by atoms with Gasteiger partial charge in [0.2, 0.25) is 0 Å². The summed E-state index contributed by atoms with van der Waals surface area (Å²) in [5.41, 5.74) is 0.935. The molecule has 0 atom stereocenters. The van der Waals surface area contributed by atoms with Gasteiger partial charge >= 0.3 is 0 Å². The summed E-state index contributed by atoms with van der Waals surface area (Å²) in [7, 11) is 0. The molecule has 0 bridgehead atoms. The van der Waals surface area contributed by atoms with Crippen molar-refractivity contribution in [2.24, 2.45) is 0 Å². The molecule has 0 aliphatic carbocycles. The number of para-hydroxylation sites is 1. The Hall–Kier alpha value is -0.960. The molecule has 2 rings (SSSR count). The maximum absolute atomic E-state index is 9.10. The average Bonchev–Trinajstić information content (AvgIpc) is 2.31. The van der Waals surface area contributed by atoms with E-state index in [1.807, 2.05) is 18.2 Å². The molecule has 0 unspecified atom stereocenters. The third kappa shape index (κ3) is 1.01. The highest BCUT2D eigenvalue weighted by Crippen LogP contribution is 2.25. The van der Waals surface area contributed by atoms with Gasteiger partial charge in [-0.2, -0.15) is 0 Å². The first-order chi connectivity index (χ1) is 5.27. The molecule has 0 aliphatic heterocycles. The van der Waals surface area contributed by atoms with Crippen molar-refractivity contribution < 1.29 is 5.11 Å². The van der Waals surface area contributed by atoms with Gasteiger partial charge in [-0.05, 0) is 22.0 Å². The molecule has 1 heterocycles. The molecule has 0 spiro atoms. The second kappa shape index (κ2) is 2.27. The van der Waals surface area contributed by atoms with Gasteiger partial charge in [-0.1, -0.05) is 12.1 Å². The van der Waals surface area contributed by atoms with E-state index in [1.165, 1.54) is 0 Å². The van der Waals surface area contributed by atoms with Crippen LogP contribution in [0.3, 0.4) is 0 Å². The molecule has 2 nitrogen and oxygen atoms in total. The average molecular weight is 212 g/mol. The Kier molecular flexibility index (Phi) is 1.39. The van der Waals surface area contributed by atoms with Crippen LogP contribution in [0.25, 0.3) is 10.9 Å². The number of hydrogen-bond donors (Lipinski definition) is 2. The van der Waals surface area contributed by atoms with Crippen LogP contribution in [0.1, 0.15) is 0 Å². The normalized spacial score (nSPS) is 10.6. The first-order valence-corrected chi connectivity index (χ1v) is 4.03. The molecule has 11 heavy (non-hydrogen) atoms. The number of aromatic nitrogens is 1. The van der Waals surface area contributed by atoms with Crippen molar-refractivity contribution in [3.8, 4) is 5.88 Å². The quantitative estimate of drug-likeness (QED) is 0.691. The summed E-state index contributed by atoms with van der Waals surface area (Å²) in [4.78, 5) is 2.84. The van der Waals surface area contributed by atoms with Gasteiger partial charge in [-0.15, -0.1) is 0 Å². The Morgan fingerprint density at radius 3 is 2.91 bits per heavy atom. The third-order valence-electron chi connectivity index (χ3n) is 1.59. The highest BCUT2D eigenvalue weighted by molar-refractivity contribution is 9.10. The summed E-state index contributed by atoms with van der Waals surface area (Å²) < 4.78 is 0.968. The molecule has 0 saturated heterocycles.